The van der Waals surface area contributed by atoms with Crippen molar-refractivity contribution in [2.75, 3.05) is 19.5 Å². The molecule has 1 aliphatic heterocycles. The highest BCUT2D eigenvalue weighted by atomic mass is 16.5. The molecule has 36 heavy (non-hydrogen) atoms. The Morgan fingerprint density at radius 2 is 1.92 bits per heavy atom. The Labute approximate surface area is 208 Å². The number of carbonyl (C=O) groups excluding carboxylic acids is 1. The first-order valence-electron chi connectivity index (χ1n) is 12.0. The number of hydrogen-bond donors (Lipinski definition) is 1. The van der Waals surface area contributed by atoms with Gasteiger partial charge in [-0.05, 0) is 43.2 Å². The van der Waals surface area contributed by atoms with Crippen molar-refractivity contribution < 1.29 is 18.8 Å². The van der Waals surface area contributed by atoms with E-state index in [1.54, 1.807) is 26.4 Å². The van der Waals surface area contributed by atoms with Crippen LogP contribution < -0.4 is 14.8 Å². The smallest absolute Gasteiger partial charge is 0.227 e. The van der Waals surface area contributed by atoms with Gasteiger partial charge in [-0.25, -0.2) is 0 Å². The minimum Gasteiger partial charge on any atom is -0.493 e. The molecule has 10 nitrogen and oxygen atoms in total. The van der Waals surface area contributed by atoms with Crippen LogP contribution in [0.3, 0.4) is 0 Å². The standard InChI is InChI=1S/C26H28N6O4/c1-34-20-11-10-17(16-21(20)35-2)25-28-24(36-31-25)13-12-23(33)27-19-8-6-7-18(15-19)26-30-29-22-9-4-3-5-14-32(22)26/h6-8,10-11,15-16H,3-5,9,12-14H2,1-2H3,(H,27,33). The number of rotatable bonds is 8. The van der Waals surface area contributed by atoms with Gasteiger partial charge in [0.1, 0.15) is 5.82 Å². The number of amides is 1. The fourth-order valence-corrected chi connectivity index (χ4v) is 4.33. The number of benzene rings is 2. The summed E-state index contributed by atoms with van der Waals surface area (Å²) in [7, 11) is 3.15. The Balaban J connectivity index is 1.21. The summed E-state index contributed by atoms with van der Waals surface area (Å²) < 4.78 is 18.1. The Morgan fingerprint density at radius 3 is 2.78 bits per heavy atom. The molecule has 2 aromatic heterocycles. The molecule has 3 heterocycles. The van der Waals surface area contributed by atoms with E-state index in [1.807, 2.05) is 30.3 Å². The molecule has 2 aromatic carbocycles. The van der Waals surface area contributed by atoms with Crippen molar-refractivity contribution in [3.8, 4) is 34.3 Å². The predicted molar refractivity (Wildman–Crippen MR) is 133 cm³/mol. The van der Waals surface area contributed by atoms with Crippen molar-refractivity contribution in [2.45, 2.75) is 45.1 Å². The number of ether oxygens (including phenoxy) is 2. The normalized spacial score (nSPS) is 13.1. The first kappa shape index (κ1) is 23.5. The summed E-state index contributed by atoms with van der Waals surface area (Å²) in [5.41, 5.74) is 2.38. The van der Waals surface area contributed by atoms with E-state index in [0.29, 0.717) is 35.3 Å². The van der Waals surface area contributed by atoms with Crippen LogP contribution >= 0.6 is 0 Å². The maximum absolute atomic E-state index is 12.6. The molecule has 1 N–H and O–H groups in total. The van der Waals surface area contributed by atoms with Gasteiger partial charge in [0.2, 0.25) is 17.6 Å². The van der Waals surface area contributed by atoms with Crippen LogP contribution in [0.2, 0.25) is 0 Å². The molecule has 0 saturated carbocycles. The van der Waals surface area contributed by atoms with Gasteiger partial charge < -0.3 is 23.9 Å². The van der Waals surface area contributed by atoms with Gasteiger partial charge in [-0.15, -0.1) is 10.2 Å². The Hall–Kier alpha value is -4.21. The van der Waals surface area contributed by atoms with E-state index < -0.39 is 0 Å². The van der Waals surface area contributed by atoms with Crippen LogP contribution in [0.5, 0.6) is 11.5 Å². The average molecular weight is 489 g/mol. The maximum atomic E-state index is 12.6. The molecule has 1 amide bonds. The summed E-state index contributed by atoms with van der Waals surface area (Å²) in [6.07, 6.45) is 4.95. The first-order chi connectivity index (χ1) is 17.6. The first-order valence-corrected chi connectivity index (χ1v) is 12.0. The van der Waals surface area contributed by atoms with Crippen LogP contribution in [0.1, 0.15) is 37.4 Å². The van der Waals surface area contributed by atoms with Crippen molar-refractivity contribution in [1.82, 2.24) is 24.9 Å². The number of fused-ring (bicyclic) bond motifs is 1. The lowest BCUT2D eigenvalue weighted by Crippen LogP contribution is -2.12. The van der Waals surface area contributed by atoms with Crippen molar-refractivity contribution in [3.63, 3.8) is 0 Å². The van der Waals surface area contributed by atoms with E-state index in [1.165, 1.54) is 6.42 Å². The molecule has 10 heteroatoms. The Morgan fingerprint density at radius 1 is 1.03 bits per heavy atom. The molecule has 0 atom stereocenters. The van der Waals surface area contributed by atoms with E-state index in [0.717, 1.165) is 48.6 Å². The highest BCUT2D eigenvalue weighted by Crippen LogP contribution is 2.31. The molecule has 4 aromatic rings. The van der Waals surface area contributed by atoms with Crippen LogP contribution in [0.4, 0.5) is 5.69 Å². The van der Waals surface area contributed by atoms with Crippen LogP contribution in [0.15, 0.2) is 47.0 Å². The van der Waals surface area contributed by atoms with Crippen molar-refractivity contribution in [2.24, 2.45) is 0 Å². The summed E-state index contributed by atoms with van der Waals surface area (Å²) in [6.45, 7) is 0.920. The fourth-order valence-electron chi connectivity index (χ4n) is 4.33. The van der Waals surface area contributed by atoms with Crippen molar-refractivity contribution in [3.05, 3.63) is 54.2 Å². The second-order valence-corrected chi connectivity index (χ2v) is 8.61. The summed E-state index contributed by atoms with van der Waals surface area (Å²) in [5.74, 6) is 3.73. The average Bonchev–Trinajstić information content (AvgIpc) is 3.48. The molecular weight excluding hydrogens is 460 g/mol. The zero-order valence-electron chi connectivity index (χ0n) is 20.4. The third-order valence-electron chi connectivity index (χ3n) is 6.19. The van der Waals surface area contributed by atoms with Gasteiger partial charge in [-0.3, -0.25) is 4.79 Å². The minimum absolute atomic E-state index is 0.141. The molecule has 0 fully saturated rings. The SMILES string of the molecule is COc1ccc(-c2noc(CCC(=O)Nc3cccc(-c4nnc5n4CCCCC5)c3)n2)cc1OC. The van der Waals surface area contributed by atoms with E-state index in [2.05, 4.69) is 30.2 Å². The van der Waals surface area contributed by atoms with Crippen LogP contribution in [-0.4, -0.2) is 45.0 Å². The lowest BCUT2D eigenvalue weighted by Gasteiger charge is -2.09. The summed E-state index contributed by atoms with van der Waals surface area (Å²) in [5, 5.41) is 15.8. The van der Waals surface area contributed by atoms with E-state index >= 15 is 0 Å². The van der Waals surface area contributed by atoms with Crippen LogP contribution in [0, 0.1) is 0 Å². The number of nitrogens with zero attached hydrogens (tertiary/aromatic N) is 5. The Bertz CT molecular complexity index is 1360. The van der Waals surface area contributed by atoms with Gasteiger partial charge in [0.15, 0.2) is 17.3 Å². The van der Waals surface area contributed by atoms with Gasteiger partial charge >= 0.3 is 0 Å². The number of aromatic nitrogens is 5. The quantitative estimate of drug-likeness (QED) is 0.390. The van der Waals surface area contributed by atoms with E-state index in [9.17, 15) is 4.79 Å². The molecule has 0 bridgehead atoms. The van der Waals surface area contributed by atoms with Crippen molar-refractivity contribution in [1.29, 1.82) is 0 Å². The highest BCUT2D eigenvalue weighted by Gasteiger charge is 2.17. The molecule has 0 aliphatic carbocycles. The zero-order valence-corrected chi connectivity index (χ0v) is 20.4. The van der Waals surface area contributed by atoms with E-state index in [-0.39, 0.29) is 12.3 Å². The van der Waals surface area contributed by atoms with Gasteiger partial charge in [0, 0.05) is 42.6 Å². The minimum atomic E-state index is -0.141. The molecule has 5 rings (SSSR count). The van der Waals surface area contributed by atoms with Gasteiger partial charge in [0.25, 0.3) is 0 Å². The molecule has 186 valence electrons. The molecule has 0 radical (unpaired) electrons. The van der Waals surface area contributed by atoms with Gasteiger partial charge in [0.05, 0.1) is 14.2 Å². The third kappa shape index (κ3) is 5.07. The summed E-state index contributed by atoms with van der Waals surface area (Å²) in [4.78, 5) is 17.0. The van der Waals surface area contributed by atoms with Crippen LogP contribution in [-0.2, 0) is 24.2 Å². The van der Waals surface area contributed by atoms with Gasteiger partial charge in [-0.1, -0.05) is 23.7 Å². The fraction of sp³-hybridized carbons (Fsp3) is 0.346. The molecular formula is C26H28N6O4. The predicted octanol–water partition coefficient (Wildman–Crippen LogP) is 4.31. The molecule has 0 saturated heterocycles. The third-order valence-corrected chi connectivity index (χ3v) is 6.19. The Kier molecular flexibility index (Phi) is 6.92. The number of carbonyl (C=O) groups is 1. The molecule has 0 spiro atoms. The number of aryl methyl sites for hydroxylation is 2. The number of methoxy groups -OCH3 is 2. The van der Waals surface area contributed by atoms with Gasteiger partial charge in [-0.2, -0.15) is 4.98 Å². The van der Waals surface area contributed by atoms with Crippen LogP contribution in [0.25, 0.3) is 22.8 Å². The van der Waals surface area contributed by atoms with Crippen molar-refractivity contribution >= 4 is 11.6 Å². The number of nitrogens with one attached hydrogen (secondary N) is 1. The van der Waals surface area contributed by atoms with E-state index in [4.69, 9.17) is 14.0 Å². The zero-order chi connectivity index (χ0) is 24.9. The second kappa shape index (κ2) is 10.6. The topological polar surface area (TPSA) is 117 Å². The lowest BCUT2D eigenvalue weighted by molar-refractivity contribution is -0.116. The number of hydrogen-bond acceptors (Lipinski definition) is 8. The second-order valence-electron chi connectivity index (χ2n) is 8.61. The molecule has 0 unspecified atom stereocenters. The number of anilines is 1. The summed E-state index contributed by atoms with van der Waals surface area (Å²) >= 11 is 0. The maximum Gasteiger partial charge on any atom is 0.227 e. The molecule has 1 aliphatic rings. The lowest BCUT2D eigenvalue weighted by atomic mass is 10.1. The monoisotopic (exact) mass is 488 g/mol. The highest BCUT2D eigenvalue weighted by molar-refractivity contribution is 5.91. The summed E-state index contributed by atoms with van der Waals surface area (Å²) in [6, 6.07) is 13.1. The largest absolute Gasteiger partial charge is 0.493 e.